The third kappa shape index (κ3) is 7.10. The SMILES string of the molecule is CC/C=C(\CCCC)N(C)C(CC(OC(C)=O)C1SC=C(C)N1C)C(C)C. The smallest absolute Gasteiger partial charge is 0.303 e. The van der Waals surface area contributed by atoms with Gasteiger partial charge in [0.05, 0.1) is 0 Å². The van der Waals surface area contributed by atoms with Crippen LogP contribution in [0.1, 0.15) is 73.6 Å². The fourth-order valence-corrected chi connectivity index (χ4v) is 4.85. The maximum atomic E-state index is 11.8. The number of carbonyl (C=O) groups excluding carboxylic acids is 1. The summed E-state index contributed by atoms with van der Waals surface area (Å²) < 4.78 is 5.82. The molecule has 1 aliphatic heterocycles. The van der Waals surface area contributed by atoms with Gasteiger partial charge >= 0.3 is 5.97 Å². The number of allylic oxidation sites excluding steroid dienone is 3. The van der Waals surface area contributed by atoms with Gasteiger partial charge in [-0.25, -0.2) is 0 Å². The lowest BCUT2D eigenvalue weighted by molar-refractivity contribution is -0.148. The number of hydrogen-bond donors (Lipinski definition) is 0. The van der Waals surface area contributed by atoms with Crippen LogP contribution in [0, 0.1) is 5.92 Å². The molecule has 4 nitrogen and oxygen atoms in total. The van der Waals surface area contributed by atoms with Crippen LogP contribution in [0.15, 0.2) is 22.9 Å². The highest BCUT2D eigenvalue weighted by molar-refractivity contribution is 8.03. The number of carbonyl (C=O) groups is 1. The molecule has 0 aliphatic carbocycles. The van der Waals surface area contributed by atoms with Gasteiger partial charge in [-0.1, -0.05) is 40.2 Å². The summed E-state index contributed by atoms with van der Waals surface area (Å²) in [5.74, 6) is 0.278. The first-order valence-electron chi connectivity index (χ1n) is 10.4. The monoisotopic (exact) mass is 396 g/mol. The van der Waals surface area contributed by atoms with E-state index in [1.165, 1.54) is 31.2 Å². The van der Waals surface area contributed by atoms with Crippen LogP contribution < -0.4 is 0 Å². The molecule has 0 bridgehead atoms. The number of thioether (sulfide) groups is 1. The lowest BCUT2D eigenvalue weighted by Gasteiger charge is -2.39. The average molecular weight is 397 g/mol. The number of esters is 1. The van der Waals surface area contributed by atoms with E-state index in [0.717, 1.165) is 19.3 Å². The highest BCUT2D eigenvalue weighted by Crippen LogP contribution is 2.35. The van der Waals surface area contributed by atoms with Crippen LogP contribution in [-0.4, -0.2) is 47.4 Å². The van der Waals surface area contributed by atoms with Gasteiger partial charge in [0.25, 0.3) is 0 Å². The predicted molar refractivity (Wildman–Crippen MR) is 117 cm³/mol. The molecule has 1 heterocycles. The summed E-state index contributed by atoms with van der Waals surface area (Å²) in [6.45, 7) is 12.6. The zero-order valence-corrected chi connectivity index (χ0v) is 19.4. The molecule has 0 radical (unpaired) electrons. The van der Waals surface area contributed by atoms with Gasteiger partial charge < -0.3 is 14.5 Å². The summed E-state index contributed by atoms with van der Waals surface area (Å²) in [5, 5.41) is 2.32. The molecule has 0 amide bonds. The number of likely N-dealkylation sites (N-methyl/N-ethyl adjacent to an activating group) is 1. The molecule has 0 saturated heterocycles. The minimum absolute atomic E-state index is 0.130. The number of unbranched alkanes of at least 4 members (excludes halogenated alkanes) is 1. The van der Waals surface area contributed by atoms with Gasteiger partial charge in [-0.3, -0.25) is 4.79 Å². The molecule has 1 rings (SSSR count). The number of ether oxygens (including phenoxy) is 1. The minimum Gasteiger partial charge on any atom is -0.459 e. The van der Waals surface area contributed by atoms with E-state index in [-0.39, 0.29) is 17.4 Å². The van der Waals surface area contributed by atoms with Crippen LogP contribution >= 0.6 is 11.8 Å². The van der Waals surface area contributed by atoms with Crippen LogP contribution in [0.2, 0.25) is 0 Å². The van der Waals surface area contributed by atoms with E-state index in [9.17, 15) is 4.79 Å². The normalized spacial score (nSPS) is 19.9. The summed E-state index contributed by atoms with van der Waals surface area (Å²) in [6, 6.07) is 0.332. The van der Waals surface area contributed by atoms with Gasteiger partial charge in [-0.2, -0.15) is 0 Å². The molecular weight excluding hydrogens is 356 g/mol. The molecule has 5 heteroatoms. The first kappa shape index (κ1) is 23.9. The van der Waals surface area contributed by atoms with Crippen molar-refractivity contribution in [3.05, 3.63) is 22.9 Å². The Morgan fingerprint density at radius 2 is 2.07 bits per heavy atom. The zero-order valence-electron chi connectivity index (χ0n) is 18.6. The molecule has 3 atom stereocenters. The zero-order chi connectivity index (χ0) is 20.6. The largest absolute Gasteiger partial charge is 0.459 e. The van der Waals surface area contributed by atoms with Crippen LogP contribution in [0.25, 0.3) is 0 Å². The number of rotatable bonds is 11. The first-order chi connectivity index (χ1) is 12.7. The Kier molecular flexibility index (Phi) is 10.4. The highest BCUT2D eigenvalue weighted by Gasteiger charge is 2.35. The van der Waals surface area contributed by atoms with Gasteiger partial charge in [0.15, 0.2) is 0 Å². The fraction of sp³-hybridized carbons (Fsp3) is 0.773. The van der Waals surface area contributed by atoms with Gasteiger partial charge in [0, 0.05) is 44.9 Å². The van der Waals surface area contributed by atoms with E-state index in [2.05, 4.69) is 70.0 Å². The van der Waals surface area contributed by atoms with Crippen molar-refractivity contribution in [2.24, 2.45) is 5.92 Å². The Morgan fingerprint density at radius 1 is 1.41 bits per heavy atom. The van der Waals surface area contributed by atoms with Gasteiger partial charge in [0.1, 0.15) is 11.5 Å². The quantitative estimate of drug-likeness (QED) is 0.424. The van der Waals surface area contributed by atoms with Crippen molar-refractivity contribution in [2.45, 2.75) is 91.2 Å². The second kappa shape index (κ2) is 11.7. The molecule has 1 aliphatic rings. The van der Waals surface area contributed by atoms with Crippen LogP contribution in [-0.2, 0) is 9.53 Å². The van der Waals surface area contributed by atoms with E-state index in [4.69, 9.17) is 4.74 Å². The summed E-state index contributed by atoms with van der Waals surface area (Å²) in [5.41, 5.74) is 2.65. The molecule has 0 aromatic rings. The molecular formula is C22H40N2O2S. The van der Waals surface area contributed by atoms with Crippen molar-refractivity contribution in [1.82, 2.24) is 9.80 Å². The van der Waals surface area contributed by atoms with Crippen LogP contribution in [0.4, 0.5) is 0 Å². The molecule has 27 heavy (non-hydrogen) atoms. The van der Waals surface area contributed by atoms with Crippen molar-refractivity contribution in [3.63, 3.8) is 0 Å². The topological polar surface area (TPSA) is 32.8 Å². The molecule has 0 N–H and O–H groups in total. The summed E-state index contributed by atoms with van der Waals surface area (Å²) in [4.78, 5) is 16.5. The molecule has 0 aromatic heterocycles. The average Bonchev–Trinajstić information content (AvgIpc) is 2.93. The van der Waals surface area contributed by atoms with Gasteiger partial charge in [-0.15, -0.1) is 11.8 Å². The van der Waals surface area contributed by atoms with Crippen molar-refractivity contribution < 1.29 is 9.53 Å². The van der Waals surface area contributed by atoms with Crippen LogP contribution in [0.5, 0.6) is 0 Å². The second-order valence-electron chi connectivity index (χ2n) is 7.91. The summed E-state index contributed by atoms with van der Waals surface area (Å²) in [6.07, 6.45) is 7.63. The minimum atomic E-state index is -0.195. The number of hydrogen-bond acceptors (Lipinski definition) is 5. The molecule has 3 unspecified atom stereocenters. The van der Waals surface area contributed by atoms with E-state index >= 15 is 0 Å². The molecule has 0 fully saturated rings. The lowest BCUT2D eigenvalue weighted by Crippen LogP contribution is -2.45. The third-order valence-electron chi connectivity index (χ3n) is 5.37. The maximum absolute atomic E-state index is 11.8. The van der Waals surface area contributed by atoms with Gasteiger partial charge in [0.2, 0.25) is 0 Å². The Bertz CT molecular complexity index is 530. The summed E-state index contributed by atoms with van der Waals surface area (Å²) in [7, 11) is 4.30. The second-order valence-corrected chi connectivity index (χ2v) is 8.90. The van der Waals surface area contributed by atoms with E-state index in [1.54, 1.807) is 11.8 Å². The summed E-state index contributed by atoms with van der Waals surface area (Å²) >= 11 is 1.76. The van der Waals surface area contributed by atoms with E-state index in [0.29, 0.717) is 12.0 Å². The fourth-order valence-electron chi connectivity index (χ4n) is 3.66. The highest BCUT2D eigenvalue weighted by atomic mass is 32.2. The Morgan fingerprint density at radius 3 is 2.52 bits per heavy atom. The van der Waals surface area contributed by atoms with Crippen molar-refractivity contribution in [2.75, 3.05) is 14.1 Å². The molecule has 0 aromatic carbocycles. The van der Waals surface area contributed by atoms with Crippen molar-refractivity contribution >= 4 is 17.7 Å². The van der Waals surface area contributed by atoms with E-state index in [1.807, 2.05) is 0 Å². The molecule has 0 saturated carbocycles. The third-order valence-corrected chi connectivity index (χ3v) is 6.75. The lowest BCUT2D eigenvalue weighted by atomic mass is 9.94. The molecule has 0 spiro atoms. The first-order valence-corrected chi connectivity index (χ1v) is 11.3. The van der Waals surface area contributed by atoms with Gasteiger partial charge in [-0.05, 0) is 37.5 Å². The maximum Gasteiger partial charge on any atom is 0.303 e. The van der Waals surface area contributed by atoms with Crippen LogP contribution in [0.3, 0.4) is 0 Å². The van der Waals surface area contributed by atoms with Crippen molar-refractivity contribution in [1.29, 1.82) is 0 Å². The van der Waals surface area contributed by atoms with E-state index < -0.39 is 0 Å². The molecule has 156 valence electrons. The standard InChI is InChI=1S/C22H40N2O2S/c1-9-11-13-19(12-10-2)24(8)20(16(3)4)14-21(26-18(6)25)22-23(7)17(5)15-27-22/h12,15-16,20-22H,9-11,13-14H2,1-8H3/b19-12+. The predicted octanol–water partition coefficient (Wildman–Crippen LogP) is 5.61. The van der Waals surface area contributed by atoms with Crippen molar-refractivity contribution in [3.8, 4) is 0 Å². The number of nitrogens with zero attached hydrogens (tertiary/aromatic N) is 2. The Labute approximate surface area is 171 Å². The Balaban J connectivity index is 3.01. The Hall–Kier alpha value is -1.10.